The molecule has 0 amide bonds. The first kappa shape index (κ1) is 93.0. The molecule has 0 fully saturated rings. The van der Waals surface area contributed by atoms with Crippen LogP contribution in [0.4, 0.5) is 184 Å². The minimum Gasteiger partial charge on any atom is -0.299 e. The van der Waals surface area contributed by atoms with Crippen molar-refractivity contribution >= 4 is 0 Å². The Morgan fingerprint density at radius 2 is 0.685 bits per heavy atom. The molecule has 3 unspecified atom stereocenters. The first-order valence-corrected chi connectivity index (χ1v) is 25.1. The van der Waals surface area contributed by atoms with Crippen LogP contribution in [0, 0.1) is 0 Å². The Bertz CT molecular complexity index is 2170. The number of halogens is 42. The average molecular weight is 1470 g/mol. The Labute approximate surface area is 493 Å². The molecule has 3 atom stereocenters. The van der Waals surface area contributed by atoms with Crippen molar-refractivity contribution in [1.29, 1.82) is 0 Å². The lowest BCUT2D eigenvalue weighted by Crippen LogP contribution is -2.75. The number of nitrogens with zero attached hydrogens (tertiary/aromatic N) is 6. The summed E-state index contributed by atoms with van der Waals surface area (Å²) in [5.41, 5.74) is 0. The van der Waals surface area contributed by atoms with E-state index < -0.39 is 231 Å². The van der Waals surface area contributed by atoms with Crippen LogP contribution in [0.25, 0.3) is 0 Å². The number of nitrogens with one attached hydrogen (secondary N) is 1. The maximum Gasteiger partial charge on any atom is 0.470 e. The second-order valence-electron chi connectivity index (χ2n) is 19.7. The molecule has 0 saturated heterocycles. The highest BCUT2D eigenvalue weighted by atomic mass is 19.4. The van der Waals surface area contributed by atoms with E-state index in [9.17, 15) is 184 Å². The maximum absolute atomic E-state index is 14.6. The van der Waals surface area contributed by atoms with Gasteiger partial charge in [-0.1, -0.05) is 27.7 Å². The lowest BCUT2D eigenvalue weighted by Gasteiger charge is -2.49. The van der Waals surface area contributed by atoms with Gasteiger partial charge in [0.25, 0.3) is 0 Å². The molecule has 49 heteroatoms. The number of hydrogen-bond acceptors (Lipinski definition) is 7. The van der Waals surface area contributed by atoms with Crippen molar-refractivity contribution in [2.75, 3.05) is 59.3 Å². The van der Waals surface area contributed by atoms with Gasteiger partial charge in [-0.2, -0.15) is 186 Å². The summed E-state index contributed by atoms with van der Waals surface area (Å²) in [4.78, 5) is -4.02. The quantitative estimate of drug-likeness (QED) is 0.0384. The smallest absolute Gasteiger partial charge is 0.299 e. The van der Waals surface area contributed by atoms with Gasteiger partial charge in [0, 0.05) is 58.2 Å². The second-order valence-corrected chi connectivity index (χ2v) is 19.7. The monoisotopic (exact) mass is 1470 g/mol. The molecule has 0 saturated carbocycles. The van der Waals surface area contributed by atoms with Crippen LogP contribution in [0.3, 0.4) is 0 Å². The van der Waals surface area contributed by atoms with Gasteiger partial charge in [-0.15, -0.1) is 5.01 Å². The summed E-state index contributed by atoms with van der Waals surface area (Å²) in [7, 11) is 0. The molecule has 0 aliphatic rings. The summed E-state index contributed by atoms with van der Waals surface area (Å²) in [5, 5.41) is -4.50. The normalized spacial score (nSPS) is 16.4. The van der Waals surface area contributed by atoms with Crippen LogP contribution < -0.4 is 5.32 Å². The van der Waals surface area contributed by atoms with Gasteiger partial charge in [0.1, 0.15) is 0 Å². The van der Waals surface area contributed by atoms with E-state index in [2.05, 4.69) is 0 Å². The van der Waals surface area contributed by atoms with Crippen LogP contribution in [0.1, 0.15) is 88.0 Å². The molecule has 0 radical (unpaired) electrons. The molecule has 1 N–H and O–H groups in total. The van der Waals surface area contributed by atoms with E-state index >= 15 is 0 Å². The van der Waals surface area contributed by atoms with E-state index in [0.717, 1.165) is 20.8 Å². The van der Waals surface area contributed by atoms with E-state index in [-0.39, 0.29) is 13.5 Å². The molecule has 0 bridgehead atoms. The van der Waals surface area contributed by atoms with Gasteiger partial charge in [0.15, 0.2) is 20.0 Å². The van der Waals surface area contributed by atoms with Crippen molar-refractivity contribution in [2.45, 2.75) is 215 Å². The molecule has 0 aromatic heterocycles. The van der Waals surface area contributed by atoms with E-state index in [0.29, 0.717) is 18.2 Å². The highest BCUT2D eigenvalue weighted by molar-refractivity contribution is 5.01. The molecule has 558 valence electrons. The third-order valence-corrected chi connectivity index (χ3v) is 12.6. The first-order chi connectivity index (χ1) is 40.1. The van der Waals surface area contributed by atoms with E-state index in [1.807, 2.05) is 0 Å². The van der Waals surface area contributed by atoms with E-state index in [1.54, 1.807) is 13.8 Å². The fraction of sp³-hybridized carbons (Fsp3) is 1.00. The molecule has 0 aromatic rings. The van der Waals surface area contributed by atoms with Gasteiger partial charge in [0.2, 0.25) is 0 Å². The summed E-state index contributed by atoms with van der Waals surface area (Å²) in [6, 6.07) is -60.5. The Kier molecular flexibility index (Phi) is 31.4. The number of rotatable bonds is 35. The molecule has 0 rings (SSSR count). The van der Waals surface area contributed by atoms with Crippen molar-refractivity contribution in [3.05, 3.63) is 0 Å². The Balaban J connectivity index is -0.00000130. The Morgan fingerprint density at radius 1 is 0.348 bits per heavy atom. The van der Waals surface area contributed by atoms with Gasteiger partial charge in [-0.05, 0) is 53.0 Å². The zero-order valence-corrected chi connectivity index (χ0v) is 48.0. The molecular weight excluding hydrogens is 1410 g/mol. The van der Waals surface area contributed by atoms with Gasteiger partial charge in [0.05, 0.1) is 6.54 Å². The number of alkyl halides is 42. The van der Waals surface area contributed by atoms with Crippen molar-refractivity contribution in [2.24, 2.45) is 0 Å². The molecule has 0 heterocycles. The molecular formula is C43H57F42N7. The molecule has 92 heavy (non-hydrogen) atoms. The second kappa shape index (κ2) is 31.1. The number of hydrazine groups is 1. The average Bonchev–Trinajstić information content (AvgIpc) is 3.40. The summed E-state index contributed by atoms with van der Waals surface area (Å²) in [6.45, 7) is -13.8. The predicted molar refractivity (Wildman–Crippen MR) is 235 cm³/mol. The molecule has 0 aliphatic heterocycles. The topological polar surface area (TPSA) is 31.5 Å². The van der Waals surface area contributed by atoms with Crippen molar-refractivity contribution in [3.8, 4) is 0 Å². The minimum atomic E-state index is -7.01. The number of hydrogen-bond donors (Lipinski definition) is 1. The summed E-state index contributed by atoms with van der Waals surface area (Å²) < 4.78 is 557. The van der Waals surface area contributed by atoms with Crippen molar-refractivity contribution < 1.29 is 184 Å². The summed E-state index contributed by atoms with van der Waals surface area (Å²) in [6.07, 6.45) is -21.6. The summed E-state index contributed by atoms with van der Waals surface area (Å²) in [5.74, 6) is -37.7. The maximum atomic E-state index is 14.6. The van der Waals surface area contributed by atoms with Crippen LogP contribution in [-0.4, -0.2) is 216 Å². The minimum absolute atomic E-state index is 0.0251. The van der Waals surface area contributed by atoms with E-state index in [1.165, 1.54) is 11.8 Å². The van der Waals surface area contributed by atoms with Gasteiger partial charge < -0.3 is 0 Å². The van der Waals surface area contributed by atoms with Gasteiger partial charge in [-0.25, -0.2) is 18.1 Å². The van der Waals surface area contributed by atoms with Crippen LogP contribution in [-0.2, 0) is 0 Å². The highest BCUT2D eigenvalue weighted by Gasteiger charge is 2.81. The SMILES string of the molecule is CCC(C)N(CCNC(F)(F)C(F)(F)C(F)(F)CF)C(F)(F)C(F)(F)C(F)(F)CF.CCC(C)N(N(C(C)(F)F)C(F)(F)C(F)(F)F)C(F)(F)C(F)(F)C(F)(F)CF.CCCN(CCN(C(F)(F)CN(C(C)(F)F)C(F)(F)C(F)(F)F)C(F)(F)C(F)(F)F)C(C)CC. The van der Waals surface area contributed by atoms with Gasteiger partial charge >= 0.3 is 108 Å². The van der Waals surface area contributed by atoms with Crippen LogP contribution in [0.15, 0.2) is 0 Å². The zero-order chi connectivity index (χ0) is 75.1. The van der Waals surface area contributed by atoms with Crippen molar-refractivity contribution in [1.82, 2.24) is 34.9 Å². The predicted octanol–water partition coefficient (Wildman–Crippen LogP) is 17.9. The van der Waals surface area contributed by atoms with Crippen LogP contribution in [0.2, 0.25) is 0 Å². The fourth-order valence-corrected chi connectivity index (χ4v) is 6.91. The largest absolute Gasteiger partial charge is 0.470 e. The fourth-order valence-electron chi connectivity index (χ4n) is 6.91. The standard InChI is InChI=1S/C17H25F14N3.C14H18F14N2.C12H14F14N2/c1-5-7-32(11(3)6-2)8-9-33(16(28,29)14(22,23)24)13(20,21)10-34(12(4,18)19)17(30,31)15(25,26)27;1-3-8(2)30(14(27,28)12(23,24)10(19,20)7-16)5-4-29-13(25,26)11(21,22)9(17,18)6-15;1-4-6(2)27(11(23,24)9(18,19)8(16,17)5-13)28(7(3,14)15)12(25,26)10(20,21)22/h11H,5-10H2,1-4H3;8,29H,3-7H2,1-2H3;6H,4-5H2,1-3H3. The third kappa shape index (κ3) is 20.4. The van der Waals surface area contributed by atoms with E-state index in [4.69, 9.17) is 0 Å². The lowest BCUT2D eigenvalue weighted by atomic mass is 10.1. The Hall–Kier alpha value is -3.22. The molecule has 0 aliphatic carbocycles. The lowest BCUT2D eigenvalue weighted by molar-refractivity contribution is -0.488. The van der Waals surface area contributed by atoms with Gasteiger partial charge in [-0.3, -0.25) is 10.2 Å². The van der Waals surface area contributed by atoms with Crippen LogP contribution in [0.5, 0.6) is 0 Å². The molecule has 7 nitrogen and oxygen atoms in total. The summed E-state index contributed by atoms with van der Waals surface area (Å²) >= 11 is 0. The van der Waals surface area contributed by atoms with Crippen molar-refractivity contribution in [3.63, 3.8) is 0 Å². The first-order valence-electron chi connectivity index (χ1n) is 25.1. The van der Waals surface area contributed by atoms with Crippen LogP contribution >= 0.6 is 0 Å². The zero-order valence-electron chi connectivity index (χ0n) is 48.0. The molecule has 0 spiro atoms. The highest BCUT2D eigenvalue weighted by Crippen LogP contribution is 2.55. The molecule has 0 aromatic carbocycles. The third-order valence-electron chi connectivity index (χ3n) is 12.6. The Morgan fingerprint density at radius 3 is 0.989 bits per heavy atom.